The second-order valence-electron chi connectivity index (χ2n) is 5.90. The van der Waals surface area contributed by atoms with Crippen molar-refractivity contribution in [2.24, 2.45) is 0 Å². The number of aromatic nitrogens is 4. The summed E-state index contributed by atoms with van der Waals surface area (Å²) < 4.78 is 20.6. The highest BCUT2D eigenvalue weighted by atomic mass is 35.5. The van der Waals surface area contributed by atoms with Gasteiger partial charge in [-0.3, -0.25) is 18.7 Å². The van der Waals surface area contributed by atoms with E-state index in [1.165, 1.54) is 45.8 Å². The van der Waals surface area contributed by atoms with Crippen LogP contribution in [0.15, 0.2) is 75.0 Å². The minimum atomic E-state index is -0.737. The molecule has 4 aromatic rings. The molecule has 2 aromatic carbocycles. The van der Waals surface area contributed by atoms with E-state index in [1.807, 2.05) is 0 Å². The minimum absolute atomic E-state index is 0.0657. The lowest BCUT2D eigenvalue weighted by Crippen LogP contribution is -2.40. The van der Waals surface area contributed by atoms with Crippen molar-refractivity contribution in [1.29, 1.82) is 0 Å². The zero-order chi connectivity index (χ0) is 19.7. The van der Waals surface area contributed by atoms with Crippen molar-refractivity contribution in [3.63, 3.8) is 0 Å². The summed E-state index contributed by atoms with van der Waals surface area (Å²) in [7, 11) is 0. The van der Waals surface area contributed by atoms with Crippen LogP contribution in [0.25, 0.3) is 17.1 Å². The smallest absolute Gasteiger partial charge is 0.320 e. The summed E-state index contributed by atoms with van der Waals surface area (Å²) in [5, 5.41) is 4.34. The van der Waals surface area contributed by atoms with Gasteiger partial charge in [0.15, 0.2) is 0 Å². The molecule has 0 radical (unpaired) electrons. The van der Waals surface area contributed by atoms with Crippen LogP contribution in [0, 0.1) is 5.82 Å². The zero-order valence-electron chi connectivity index (χ0n) is 14.3. The largest absolute Gasteiger partial charge is 0.337 e. The summed E-state index contributed by atoms with van der Waals surface area (Å²) in [6.07, 6.45) is 2.93. The molecule has 4 rings (SSSR count). The molecule has 0 aliphatic carbocycles. The van der Waals surface area contributed by atoms with Gasteiger partial charge >= 0.3 is 11.1 Å². The number of benzene rings is 2. The van der Waals surface area contributed by atoms with Gasteiger partial charge < -0.3 is 4.52 Å². The third-order valence-electron chi connectivity index (χ3n) is 4.04. The van der Waals surface area contributed by atoms with E-state index in [2.05, 4.69) is 10.1 Å². The molecule has 0 unspecified atom stereocenters. The van der Waals surface area contributed by atoms with E-state index in [4.69, 9.17) is 16.1 Å². The van der Waals surface area contributed by atoms with Crippen molar-refractivity contribution < 1.29 is 8.91 Å². The molecule has 0 saturated heterocycles. The number of hydrogen-bond donors (Lipinski definition) is 0. The Morgan fingerprint density at radius 1 is 0.964 bits per heavy atom. The van der Waals surface area contributed by atoms with E-state index in [1.54, 1.807) is 24.3 Å². The summed E-state index contributed by atoms with van der Waals surface area (Å²) in [4.78, 5) is 29.0. The molecule has 0 aliphatic heterocycles. The standard InChI is InChI=1S/C19H12ClFN4O3/c20-13-3-7-15(8-4-13)25-10-9-24(18(26)19(25)27)11-16-22-17(23-28-16)12-1-5-14(21)6-2-12/h1-10H,11H2. The average Bonchev–Trinajstić information content (AvgIpc) is 3.16. The second kappa shape index (κ2) is 7.24. The van der Waals surface area contributed by atoms with Crippen LogP contribution in [0.2, 0.25) is 5.02 Å². The quantitative estimate of drug-likeness (QED) is 0.494. The highest BCUT2D eigenvalue weighted by Crippen LogP contribution is 2.16. The Morgan fingerprint density at radius 3 is 2.39 bits per heavy atom. The molecule has 0 atom stereocenters. The lowest BCUT2D eigenvalue weighted by atomic mass is 10.2. The third kappa shape index (κ3) is 3.49. The van der Waals surface area contributed by atoms with Gasteiger partial charge in [-0.25, -0.2) is 4.39 Å². The van der Waals surface area contributed by atoms with Crippen LogP contribution >= 0.6 is 11.6 Å². The van der Waals surface area contributed by atoms with Gasteiger partial charge in [-0.1, -0.05) is 16.8 Å². The number of rotatable bonds is 4. The molecule has 7 nitrogen and oxygen atoms in total. The molecule has 28 heavy (non-hydrogen) atoms. The fourth-order valence-electron chi connectivity index (χ4n) is 2.62. The minimum Gasteiger partial charge on any atom is -0.337 e. The Hall–Kier alpha value is -3.52. The van der Waals surface area contributed by atoms with E-state index in [-0.39, 0.29) is 24.1 Å². The molecule has 0 spiro atoms. The molecule has 0 fully saturated rings. The fraction of sp³-hybridized carbons (Fsp3) is 0.0526. The van der Waals surface area contributed by atoms with Gasteiger partial charge in [0.2, 0.25) is 11.7 Å². The van der Waals surface area contributed by atoms with Gasteiger partial charge in [-0.15, -0.1) is 0 Å². The summed E-state index contributed by atoms with van der Waals surface area (Å²) in [5.74, 6) is 0.0305. The third-order valence-corrected chi connectivity index (χ3v) is 4.29. The van der Waals surface area contributed by atoms with Gasteiger partial charge in [-0.2, -0.15) is 4.98 Å². The summed E-state index contributed by atoms with van der Waals surface area (Å²) in [5.41, 5.74) is -0.362. The first-order chi connectivity index (χ1) is 13.5. The Morgan fingerprint density at radius 2 is 1.68 bits per heavy atom. The second-order valence-corrected chi connectivity index (χ2v) is 6.34. The molecule has 140 valence electrons. The topological polar surface area (TPSA) is 82.9 Å². The molecule has 0 N–H and O–H groups in total. The van der Waals surface area contributed by atoms with E-state index >= 15 is 0 Å². The van der Waals surface area contributed by atoms with E-state index < -0.39 is 11.1 Å². The first kappa shape index (κ1) is 17.9. The molecule has 0 bridgehead atoms. The molecular weight excluding hydrogens is 387 g/mol. The monoisotopic (exact) mass is 398 g/mol. The number of nitrogens with zero attached hydrogens (tertiary/aromatic N) is 4. The van der Waals surface area contributed by atoms with Crippen molar-refractivity contribution in [2.45, 2.75) is 6.54 Å². The zero-order valence-corrected chi connectivity index (χ0v) is 15.0. The molecule has 0 amide bonds. The van der Waals surface area contributed by atoms with Crippen LogP contribution in [0.5, 0.6) is 0 Å². The lowest BCUT2D eigenvalue weighted by molar-refractivity contribution is 0.369. The summed E-state index contributed by atoms with van der Waals surface area (Å²) in [6.45, 7) is -0.0657. The van der Waals surface area contributed by atoms with Gasteiger partial charge in [-0.05, 0) is 48.5 Å². The van der Waals surface area contributed by atoms with Crippen LogP contribution in [0.4, 0.5) is 4.39 Å². The van der Waals surface area contributed by atoms with Crippen molar-refractivity contribution in [3.8, 4) is 17.1 Å². The maximum atomic E-state index is 13.0. The highest BCUT2D eigenvalue weighted by Gasteiger charge is 2.12. The Kier molecular flexibility index (Phi) is 4.62. The van der Waals surface area contributed by atoms with Crippen LogP contribution in [0.3, 0.4) is 0 Å². The first-order valence-corrected chi connectivity index (χ1v) is 8.55. The predicted octanol–water partition coefficient (Wildman–Crippen LogP) is 2.89. The van der Waals surface area contributed by atoms with Gasteiger partial charge in [0.05, 0.1) is 0 Å². The number of hydrogen-bond acceptors (Lipinski definition) is 5. The molecule has 9 heteroatoms. The molecule has 0 saturated carbocycles. The maximum absolute atomic E-state index is 13.0. The Labute approximate surface area is 162 Å². The van der Waals surface area contributed by atoms with Gasteiger partial charge in [0.25, 0.3) is 0 Å². The summed E-state index contributed by atoms with van der Waals surface area (Å²) >= 11 is 5.84. The fourth-order valence-corrected chi connectivity index (χ4v) is 2.74. The average molecular weight is 399 g/mol. The van der Waals surface area contributed by atoms with Crippen LogP contribution in [0.1, 0.15) is 5.89 Å². The van der Waals surface area contributed by atoms with Crippen LogP contribution in [-0.2, 0) is 6.54 Å². The van der Waals surface area contributed by atoms with E-state index in [9.17, 15) is 14.0 Å². The molecule has 2 aromatic heterocycles. The van der Waals surface area contributed by atoms with Gasteiger partial charge in [0.1, 0.15) is 12.4 Å². The molecular formula is C19H12ClFN4O3. The lowest BCUT2D eigenvalue weighted by Gasteiger charge is -2.07. The number of halogens is 2. The first-order valence-electron chi connectivity index (χ1n) is 8.18. The van der Waals surface area contributed by atoms with Gasteiger partial charge in [0, 0.05) is 28.7 Å². The maximum Gasteiger partial charge on any atom is 0.320 e. The Bertz CT molecular complexity index is 1240. The van der Waals surface area contributed by atoms with Crippen molar-refractivity contribution in [2.75, 3.05) is 0 Å². The van der Waals surface area contributed by atoms with E-state index in [0.717, 1.165) is 0 Å². The predicted molar refractivity (Wildman–Crippen MR) is 100 cm³/mol. The molecule has 0 aliphatic rings. The normalized spacial score (nSPS) is 10.9. The van der Waals surface area contributed by atoms with E-state index in [0.29, 0.717) is 16.3 Å². The van der Waals surface area contributed by atoms with Crippen LogP contribution in [-0.4, -0.2) is 19.3 Å². The van der Waals surface area contributed by atoms with Crippen molar-refractivity contribution in [1.82, 2.24) is 19.3 Å². The summed E-state index contributed by atoms with van der Waals surface area (Å²) in [6, 6.07) is 12.1. The SMILES string of the molecule is O=c1c(=O)n(-c2ccc(Cl)cc2)ccn1Cc1nc(-c2ccc(F)cc2)no1. The highest BCUT2D eigenvalue weighted by molar-refractivity contribution is 6.30. The van der Waals surface area contributed by atoms with Crippen molar-refractivity contribution in [3.05, 3.63) is 98.4 Å². The van der Waals surface area contributed by atoms with Crippen molar-refractivity contribution >= 4 is 11.6 Å². The molecule has 2 heterocycles. The Balaban J connectivity index is 1.62. The van der Waals surface area contributed by atoms with Crippen LogP contribution < -0.4 is 11.1 Å².